The van der Waals surface area contributed by atoms with Crippen molar-refractivity contribution in [3.63, 3.8) is 0 Å². The number of aliphatic hydroxyl groups excluding tert-OH is 1. The van der Waals surface area contributed by atoms with Crippen LogP contribution in [0.5, 0.6) is 11.5 Å². The maximum atomic E-state index is 9.64. The molecule has 0 saturated carbocycles. The van der Waals surface area contributed by atoms with E-state index in [1.807, 2.05) is 43.8 Å². The number of ether oxygens (including phenoxy) is 2. The summed E-state index contributed by atoms with van der Waals surface area (Å²) in [5, 5.41) is 9.64. The first kappa shape index (κ1) is 15.5. The summed E-state index contributed by atoms with van der Waals surface area (Å²) < 4.78 is 11.7. The molecule has 1 aliphatic heterocycles. The Kier molecular flexibility index (Phi) is 5.22. The van der Waals surface area contributed by atoms with E-state index in [0.29, 0.717) is 0 Å². The van der Waals surface area contributed by atoms with E-state index in [9.17, 15) is 5.11 Å². The first-order valence-corrected chi connectivity index (χ1v) is 8.26. The standard InChI is InChI=1S/C16H24O3S/c1-16(2,11-17)13-5-4-6-14(18-3)15(13)19-12-7-9-20-10-8-12/h4-6,12,17H,7-11H2,1-3H3. The number of methoxy groups -OCH3 is 1. The number of aliphatic hydroxyl groups is 1. The van der Waals surface area contributed by atoms with Crippen molar-refractivity contribution in [1.82, 2.24) is 0 Å². The number of benzene rings is 1. The lowest BCUT2D eigenvalue weighted by Crippen LogP contribution is -2.27. The predicted molar refractivity (Wildman–Crippen MR) is 84.1 cm³/mol. The molecule has 0 unspecified atom stereocenters. The van der Waals surface area contributed by atoms with Gasteiger partial charge in [0.1, 0.15) is 6.10 Å². The third-order valence-electron chi connectivity index (χ3n) is 3.78. The summed E-state index contributed by atoms with van der Waals surface area (Å²) in [5.74, 6) is 3.85. The first-order chi connectivity index (χ1) is 9.58. The van der Waals surface area contributed by atoms with Crippen LogP contribution in [0.25, 0.3) is 0 Å². The molecule has 1 saturated heterocycles. The van der Waals surface area contributed by atoms with Gasteiger partial charge in [-0.15, -0.1) is 0 Å². The molecule has 3 nitrogen and oxygen atoms in total. The van der Waals surface area contributed by atoms with Gasteiger partial charge in [-0.3, -0.25) is 0 Å². The lowest BCUT2D eigenvalue weighted by molar-refractivity contribution is 0.170. The number of hydrogen-bond acceptors (Lipinski definition) is 4. The molecule has 112 valence electrons. The van der Waals surface area contributed by atoms with Gasteiger partial charge in [0.25, 0.3) is 0 Å². The average molecular weight is 296 g/mol. The molecule has 20 heavy (non-hydrogen) atoms. The monoisotopic (exact) mass is 296 g/mol. The van der Waals surface area contributed by atoms with Crippen molar-refractivity contribution in [3.8, 4) is 11.5 Å². The van der Waals surface area contributed by atoms with Crippen molar-refractivity contribution in [2.45, 2.75) is 38.2 Å². The van der Waals surface area contributed by atoms with E-state index in [2.05, 4.69) is 0 Å². The fourth-order valence-corrected chi connectivity index (χ4v) is 3.44. The Morgan fingerprint density at radius 2 is 2.00 bits per heavy atom. The second-order valence-electron chi connectivity index (χ2n) is 5.81. The smallest absolute Gasteiger partial charge is 0.165 e. The van der Waals surface area contributed by atoms with Gasteiger partial charge in [-0.25, -0.2) is 0 Å². The quantitative estimate of drug-likeness (QED) is 0.905. The molecule has 1 aliphatic rings. The highest BCUT2D eigenvalue weighted by atomic mass is 32.2. The molecule has 1 fully saturated rings. The summed E-state index contributed by atoms with van der Waals surface area (Å²) in [7, 11) is 1.66. The van der Waals surface area contributed by atoms with Gasteiger partial charge in [0, 0.05) is 11.0 Å². The normalized spacial score (nSPS) is 17.0. The molecule has 0 amide bonds. The summed E-state index contributed by atoms with van der Waals surface area (Å²) >= 11 is 1.98. The number of rotatable bonds is 5. The van der Waals surface area contributed by atoms with Crippen LogP contribution in [0.3, 0.4) is 0 Å². The molecule has 0 aliphatic carbocycles. The number of thioether (sulfide) groups is 1. The minimum atomic E-state index is -0.340. The van der Waals surface area contributed by atoms with Gasteiger partial charge in [0.2, 0.25) is 0 Å². The van der Waals surface area contributed by atoms with E-state index in [1.165, 1.54) is 0 Å². The second kappa shape index (κ2) is 6.72. The van der Waals surface area contributed by atoms with Crippen molar-refractivity contribution >= 4 is 11.8 Å². The summed E-state index contributed by atoms with van der Waals surface area (Å²) in [6.07, 6.45) is 2.39. The van der Waals surface area contributed by atoms with E-state index >= 15 is 0 Å². The van der Waals surface area contributed by atoms with Crippen LogP contribution < -0.4 is 9.47 Å². The van der Waals surface area contributed by atoms with Crippen molar-refractivity contribution in [2.75, 3.05) is 25.2 Å². The minimum absolute atomic E-state index is 0.0804. The highest BCUT2D eigenvalue weighted by Crippen LogP contribution is 2.40. The van der Waals surface area contributed by atoms with Gasteiger partial charge in [-0.05, 0) is 30.4 Å². The zero-order valence-corrected chi connectivity index (χ0v) is 13.3. The van der Waals surface area contributed by atoms with Gasteiger partial charge in [0.15, 0.2) is 11.5 Å². The van der Waals surface area contributed by atoms with Crippen LogP contribution in [-0.2, 0) is 5.41 Å². The molecular formula is C16H24O3S. The SMILES string of the molecule is COc1cccc(C(C)(C)CO)c1OC1CCSCC1. The maximum absolute atomic E-state index is 9.64. The topological polar surface area (TPSA) is 38.7 Å². The summed E-state index contributed by atoms with van der Waals surface area (Å²) in [6.45, 7) is 4.12. The van der Waals surface area contributed by atoms with Gasteiger partial charge in [-0.2, -0.15) is 11.8 Å². The van der Waals surface area contributed by atoms with Gasteiger partial charge in [-0.1, -0.05) is 26.0 Å². The van der Waals surface area contributed by atoms with E-state index in [1.54, 1.807) is 7.11 Å². The maximum Gasteiger partial charge on any atom is 0.165 e. The fraction of sp³-hybridized carbons (Fsp3) is 0.625. The van der Waals surface area contributed by atoms with Gasteiger partial charge < -0.3 is 14.6 Å². The van der Waals surface area contributed by atoms with Crippen LogP contribution in [-0.4, -0.2) is 36.4 Å². The molecule has 0 radical (unpaired) electrons. The van der Waals surface area contributed by atoms with E-state index < -0.39 is 0 Å². The van der Waals surface area contributed by atoms with E-state index in [-0.39, 0.29) is 18.1 Å². The Balaban J connectivity index is 2.32. The molecule has 4 heteroatoms. The van der Waals surface area contributed by atoms with Crippen LogP contribution in [0.15, 0.2) is 18.2 Å². The molecule has 1 N–H and O–H groups in total. The Morgan fingerprint density at radius 1 is 1.30 bits per heavy atom. The van der Waals surface area contributed by atoms with Gasteiger partial charge in [0.05, 0.1) is 13.7 Å². The zero-order chi connectivity index (χ0) is 14.6. The zero-order valence-electron chi connectivity index (χ0n) is 12.5. The van der Waals surface area contributed by atoms with Crippen LogP contribution in [0.1, 0.15) is 32.3 Å². The molecular weight excluding hydrogens is 272 g/mol. The molecule has 1 aromatic carbocycles. The molecule has 2 rings (SSSR count). The second-order valence-corrected chi connectivity index (χ2v) is 7.03. The lowest BCUT2D eigenvalue weighted by atomic mass is 9.84. The average Bonchev–Trinajstić information content (AvgIpc) is 2.48. The fourth-order valence-electron chi connectivity index (χ4n) is 2.38. The Morgan fingerprint density at radius 3 is 2.60 bits per heavy atom. The predicted octanol–water partition coefficient (Wildman–Crippen LogP) is 3.24. The van der Waals surface area contributed by atoms with Crippen molar-refractivity contribution in [2.24, 2.45) is 0 Å². The summed E-state index contributed by atoms with van der Waals surface area (Å²) in [6, 6.07) is 5.89. The summed E-state index contributed by atoms with van der Waals surface area (Å²) in [4.78, 5) is 0. The van der Waals surface area contributed by atoms with Crippen molar-refractivity contribution in [3.05, 3.63) is 23.8 Å². The molecule has 0 bridgehead atoms. The number of hydrogen-bond donors (Lipinski definition) is 1. The summed E-state index contributed by atoms with van der Waals surface area (Å²) in [5.41, 5.74) is 0.672. The van der Waals surface area contributed by atoms with E-state index in [0.717, 1.165) is 41.4 Å². The van der Waals surface area contributed by atoms with E-state index in [4.69, 9.17) is 9.47 Å². The molecule has 0 aromatic heterocycles. The van der Waals surface area contributed by atoms with Crippen molar-refractivity contribution in [1.29, 1.82) is 0 Å². The molecule has 1 aromatic rings. The van der Waals surface area contributed by atoms with Crippen LogP contribution in [0, 0.1) is 0 Å². The minimum Gasteiger partial charge on any atom is -0.493 e. The molecule has 0 spiro atoms. The Bertz CT molecular complexity index is 439. The third kappa shape index (κ3) is 3.41. The third-order valence-corrected chi connectivity index (χ3v) is 4.82. The largest absolute Gasteiger partial charge is 0.493 e. The Labute approximate surface area is 125 Å². The van der Waals surface area contributed by atoms with Crippen LogP contribution in [0.4, 0.5) is 0 Å². The van der Waals surface area contributed by atoms with Gasteiger partial charge >= 0.3 is 0 Å². The van der Waals surface area contributed by atoms with Crippen LogP contribution in [0.2, 0.25) is 0 Å². The first-order valence-electron chi connectivity index (χ1n) is 7.11. The molecule has 0 atom stereocenters. The van der Waals surface area contributed by atoms with Crippen molar-refractivity contribution < 1.29 is 14.6 Å². The molecule has 1 heterocycles. The highest BCUT2D eigenvalue weighted by Gasteiger charge is 2.28. The van der Waals surface area contributed by atoms with Crippen LogP contribution >= 0.6 is 11.8 Å². The highest BCUT2D eigenvalue weighted by molar-refractivity contribution is 7.99. The lowest BCUT2D eigenvalue weighted by Gasteiger charge is -2.30. The number of para-hydroxylation sites is 1. The Hall–Kier alpha value is -0.870.